The van der Waals surface area contributed by atoms with Gasteiger partial charge < -0.3 is 16.2 Å². The SMILES string of the molecule is CCc1ccc(C(F)(F)F)c(C(Nc2ccc(C(=N)N)cc2)C(=O)O)c1. The lowest BCUT2D eigenvalue weighted by molar-refractivity contribution is -0.141. The normalized spacial score (nSPS) is 12.5. The van der Waals surface area contributed by atoms with E-state index in [1.807, 2.05) is 0 Å². The molecule has 0 heterocycles. The molecule has 5 N–H and O–H groups in total. The molecule has 0 aromatic heterocycles. The Hall–Kier alpha value is -3.03. The predicted octanol–water partition coefficient (Wildman–Crippen LogP) is 3.79. The maximum absolute atomic E-state index is 13.3. The second-order valence-electron chi connectivity index (χ2n) is 5.68. The van der Waals surface area contributed by atoms with Crippen LogP contribution in [-0.4, -0.2) is 16.9 Å². The third-order valence-corrected chi connectivity index (χ3v) is 3.89. The number of nitrogens with one attached hydrogen (secondary N) is 2. The van der Waals surface area contributed by atoms with Gasteiger partial charge in [-0.3, -0.25) is 5.41 Å². The second-order valence-corrected chi connectivity index (χ2v) is 5.68. The van der Waals surface area contributed by atoms with Crippen molar-refractivity contribution in [3.8, 4) is 0 Å². The van der Waals surface area contributed by atoms with Crippen molar-refractivity contribution in [1.82, 2.24) is 0 Å². The van der Waals surface area contributed by atoms with Crippen LogP contribution in [0, 0.1) is 5.41 Å². The molecule has 0 aliphatic heterocycles. The molecule has 1 atom stereocenters. The summed E-state index contributed by atoms with van der Waals surface area (Å²) in [6, 6.07) is 7.82. The van der Waals surface area contributed by atoms with E-state index in [4.69, 9.17) is 11.1 Å². The number of hydrogen-bond acceptors (Lipinski definition) is 3. The van der Waals surface area contributed by atoms with Crippen LogP contribution in [0.5, 0.6) is 0 Å². The number of rotatable bonds is 6. The van der Waals surface area contributed by atoms with Gasteiger partial charge in [-0.05, 0) is 47.9 Å². The number of carbonyl (C=O) groups is 1. The molecule has 2 aromatic rings. The van der Waals surface area contributed by atoms with Crippen molar-refractivity contribution in [2.24, 2.45) is 5.73 Å². The zero-order chi connectivity index (χ0) is 19.5. The number of hydrogen-bond donors (Lipinski definition) is 4. The minimum Gasteiger partial charge on any atom is -0.479 e. The first-order valence-corrected chi connectivity index (χ1v) is 7.77. The zero-order valence-electron chi connectivity index (χ0n) is 13.9. The van der Waals surface area contributed by atoms with Gasteiger partial charge in [0.1, 0.15) is 5.84 Å². The number of halogens is 3. The molecule has 0 amide bonds. The molecule has 5 nitrogen and oxygen atoms in total. The summed E-state index contributed by atoms with van der Waals surface area (Å²) in [6.45, 7) is 1.77. The molecular formula is C18H18F3N3O2. The molecule has 2 rings (SSSR count). The maximum Gasteiger partial charge on any atom is 0.416 e. The Balaban J connectivity index is 2.46. The molecule has 0 fully saturated rings. The number of anilines is 1. The van der Waals surface area contributed by atoms with Gasteiger partial charge in [-0.15, -0.1) is 0 Å². The van der Waals surface area contributed by atoms with Crippen molar-refractivity contribution in [3.05, 3.63) is 64.7 Å². The molecule has 0 spiro atoms. The number of nitrogen functional groups attached to an aromatic ring is 1. The van der Waals surface area contributed by atoms with Crippen molar-refractivity contribution < 1.29 is 23.1 Å². The summed E-state index contributed by atoms with van der Waals surface area (Å²) in [4.78, 5) is 11.7. The van der Waals surface area contributed by atoms with Gasteiger partial charge in [-0.1, -0.05) is 19.1 Å². The van der Waals surface area contributed by atoms with E-state index >= 15 is 0 Å². The highest BCUT2D eigenvalue weighted by atomic mass is 19.4. The van der Waals surface area contributed by atoms with Crippen molar-refractivity contribution in [3.63, 3.8) is 0 Å². The molecule has 0 radical (unpaired) electrons. The molecule has 0 saturated heterocycles. The Morgan fingerprint density at radius 2 is 1.85 bits per heavy atom. The topological polar surface area (TPSA) is 99.2 Å². The van der Waals surface area contributed by atoms with E-state index in [0.29, 0.717) is 23.2 Å². The highest BCUT2D eigenvalue weighted by molar-refractivity contribution is 5.95. The number of aliphatic carboxylic acids is 1. The van der Waals surface area contributed by atoms with Crippen LogP contribution in [0.4, 0.5) is 18.9 Å². The minimum atomic E-state index is -4.67. The summed E-state index contributed by atoms with van der Waals surface area (Å²) in [6.07, 6.45) is -4.19. The first kappa shape index (κ1) is 19.3. The van der Waals surface area contributed by atoms with Crippen molar-refractivity contribution in [1.29, 1.82) is 5.41 Å². The van der Waals surface area contributed by atoms with Crippen molar-refractivity contribution >= 4 is 17.5 Å². The zero-order valence-corrected chi connectivity index (χ0v) is 13.9. The molecule has 8 heteroatoms. The van der Waals surface area contributed by atoms with Crippen LogP contribution in [0.1, 0.15) is 35.2 Å². The average molecular weight is 365 g/mol. The second kappa shape index (κ2) is 7.47. The smallest absolute Gasteiger partial charge is 0.416 e. The highest BCUT2D eigenvalue weighted by Crippen LogP contribution is 2.36. The number of carboxylic acid groups (broad SMARTS) is 1. The molecule has 138 valence electrons. The standard InChI is InChI=1S/C18H18F3N3O2/c1-2-10-3-8-14(18(19,20)21)13(9-10)15(17(25)26)24-12-6-4-11(5-7-12)16(22)23/h3-9,15,24H,2H2,1H3,(H3,22,23)(H,25,26). The molecule has 0 saturated carbocycles. The Morgan fingerprint density at radius 1 is 1.23 bits per heavy atom. The van der Waals surface area contributed by atoms with Gasteiger partial charge in [0.25, 0.3) is 0 Å². The maximum atomic E-state index is 13.3. The van der Waals surface area contributed by atoms with E-state index in [1.165, 1.54) is 36.4 Å². The number of benzene rings is 2. The predicted molar refractivity (Wildman–Crippen MR) is 92.3 cm³/mol. The quantitative estimate of drug-likeness (QED) is 0.462. The summed E-state index contributed by atoms with van der Waals surface area (Å²) in [5.74, 6) is -1.60. The molecule has 0 bridgehead atoms. The third-order valence-electron chi connectivity index (χ3n) is 3.89. The lowest BCUT2D eigenvalue weighted by Crippen LogP contribution is -2.24. The molecule has 0 aliphatic rings. The number of amidine groups is 1. The fourth-order valence-electron chi connectivity index (χ4n) is 2.51. The minimum absolute atomic E-state index is 0.165. The van der Waals surface area contributed by atoms with Crippen LogP contribution in [0.2, 0.25) is 0 Å². The summed E-state index contributed by atoms with van der Waals surface area (Å²) in [7, 11) is 0. The highest BCUT2D eigenvalue weighted by Gasteiger charge is 2.37. The molecular weight excluding hydrogens is 347 g/mol. The summed E-state index contributed by atoms with van der Waals surface area (Å²) >= 11 is 0. The van der Waals surface area contributed by atoms with Crippen LogP contribution in [0.15, 0.2) is 42.5 Å². The largest absolute Gasteiger partial charge is 0.479 e. The monoisotopic (exact) mass is 365 g/mol. The molecule has 0 aliphatic carbocycles. The summed E-state index contributed by atoms with van der Waals surface area (Å²) in [5, 5.41) is 19.4. The van der Waals surface area contributed by atoms with Gasteiger partial charge in [-0.25, -0.2) is 4.79 Å². The van der Waals surface area contributed by atoms with Gasteiger partial charge in [0.2, 0.25) is 0 Å². The molecule has 2 aromatic carbocycles. The lowest BCUT2D eigenvalue weighted by Gasteiger charge is -2.21. The van der Waals surface area contributed by atoms with E-state index < -0.39 is 23.8 Å². The first-order valence-electron chi connectivity index (χ1n) is 7.77. The summed E-state index contributed by atoms with van der Waals surface area (Å²) in [5.41, 5.74) is 5.34. The number of alkyl halides is 3. The first-order chi connectivity index (χ1) is 12.1. The van der Waals surface area contributed by atoms with Crippen LogP contribution >= 0.6 is 0 Å². The van der Waals surface area contributed by atoms with Gasteiger partial charge in [-0.2, -0.15) is 13.2 Å². The number of carboxylic acids is 1. The van der Waals surface area contributed by atoms with Gasteiger partial charge >= 0.3 is 12.1 Å². The summed E-state index contributed by atoms with van der Waals surface area (Å²) < 4.78 is 40.0. The Bertz CT molecular complexity index is 817. The van der Waals surface area contributed by atoms with Gasteiger partial charge in [0, 0.05) is 11.3 Å². The fraction of sp³-hybridized carbons (Fsp3) is 0.222. The van der Waals surface area contributed by atoms with Crippen molar-refractivity contribution in [2.45, 2.75) is 25.6 Å². The van der Waals surface area contributed by atoms with Crippen LogP contribution < -0.4 is 11.1 Å². The van der Waals surface area contributed by atoms with Crippen LogP contribution in [0.3, 0.4) is 0 Å². The number of nitrogens with two attached hydrogens (primary N) is 1. The van der Waals surface area contributed by atoms with Crippen molar-refractivity contribution in [2.75, 3.05) is 5.32 Å². The Kier molecular flexibility index (Phi) is 5.54. The molecule has 1 unspecified atom stereocenters. The van der Waals surface area contributed by atoms with Gasteiger partial charge in [0.15, 0.2) is 6.04 Å². The van der Waals surface area contributed by atoms with E-state index in [9.17, 15) is 23.1 Å². The Morgan fingerprint density at radius 3 is 2.31 bits per heavy atom. The van der Waals surface area contributed by atoms with Crippen LogP contribution in [-0.2, 0) is 17.4 Å². The van der Waals surface area contributed by atoms with E-state index in [0.717, 1.165) is 6.07 Å². The third kappa shape index (κ3) is 4.33. The van der Waals surface area contributed by atoms with Gasteiger partial charge in [0.05, 0.1) is 5.56 Å². The Labute approximate surface area is 148 Å². The number of aryl methyl sites for hydroxylation is 1. The molecule has 26 heavy (non-hydrogen) atoms. The fourth-order valence-corrected chi connectivity index (χ4v) is 2.51. The van der Waals surface area contributed by atoms with Crippen LogP contribution in [0.25, 0.3) is 0 Å². The van der Waals surface area contributed by atoms with E-state index in [-0.39, 0.29) is 11.4 Å². The van der Waals surface area contributed by atoms with E-state index in [1.54, 1.807) is 6.92 Å². The van der Waals surface area contributed by atoms with E-state index in [2.05, 4.69) is 5.32 Å². The average Bonchev–Trinajstić information content (AvgIpc) is 2.58. The lowest BCUT2D eigenvalue weighted by atomic mass is 9.96.